The summed E-state index contributed by atoms with van der Waals surface area (Å²) in [6, 6.07) is 0.212. The van der Waals surface area contributed by atoms with Crippen molar-refractivity contribution >= 4 is 22.8 Å². The van der Waals surface area contributed by atoms with Crippen LogP contribution in [0, 0.1) is 5.92 Å². The zero-order chi connectivity index (χ0) is 9.42. The molecular weight excluding hydrogens is 184 g/mol. The maximum atomic E-state index is 11.6. The van der Waals surface area contributed by atoms with E-state index in [9.17, 15) is 4.79 Å². The third-order valence-electron chi connectivity index (χ3n) is 2.51. The van der Waals surface area contributed by atoms with Gasteiger partial charge in [0.05, 0.1) is 6.04 Å². The largest absolute Gasteiger partial charge is 0.291 e. The minimum atomic E-state index is 0.212. The lowest BCUT2D eigenvalue weighted by molar-refractivity contribution is -0.128. The van der Waals surface area contributed by atoms with E-state index in [1.165, 1.54) is 0 Å². The summed E-state index contributed by atoms with van der Waals surface area (Å²) >= 11 is 1.71. The molecule has 4 heteroatoms. The maximum Gasteiger partial charge on any atom is 0.230 e. The van der Waals surface area contributed by atoms with Gasteiger partial charge in [0.2, 0.25) is 5.91 Å². The molecule has 1 fully saturated rings. The van der Waals surface area contributed by atoms with Gasteiger partial charge in [-0.15, -0.1) is 0 Å². The van der Waals surface area contributed by atoms with E-state index in [-0.39, 0.29) is 11.9 Å². The molecule has 1 unspecified atom stereocenters. The van der Waals surface area contributed by atoms with Crippen LogP contribution in [0.1, 0.15) is 20.3 Å². The Morgan fingerprint density at radius 2 is 2.38 bits per heavy atom. The second-order valence-electron chi connectivity index (χ2n) is 3.82. The minimum absolute atomic E-state index is 0.212. The number of hydrogen-bond donors (Lipinski definition) is 0. The normalized spacial score (nSPS) is 27.9. The highest BCUT2D eigenvalue weighted by atomic mass is 32.2. The lowest BCUT2D eigenvalue weighted by Crippen LogP contribution is -2.39. The number of amides is 1. The van der Waals surface area contributed by atoms with Crippen molar-refractivity contribution in [1.82, 2.24) is 4.90 Å². The highest BCUT2D eigenvalue weighted by Crippen LogP contribution is 2.27. The van der Waals surface area contributed by atoms with E-state index < -0.39 is 0 Å². The fourth-order valence-corrected chi connectivity index (χ4v) is 2.62. The van der Waals surface area contributed by atoms with E-state index in [1.54, 1.807) is 11.8 Å². The molecule has 0 spiro atoms. The molecule has 0 N–H and O–H groups in total. The molecule has 1 atom stereocenters. The first-order valence-corrected chi connectivity index (χ1v) is 5.68. The highest BCUT2D eigenvalue weighted by Gasteiger charge is 2.33. The van der Waals surface area contributed by atoms with Gasteiger partial charge in [-0.3, -0.25) is 14.7 Å². The summed E-state index contributed by atoms with van der Waals surface area (Å²) in [5.74, 6) is 1.74. The molecule has 72 valence electrons. The van der Waals surface area contributed by atoms with Gasteiger partial charge in [-0.25, -0.2) is 0 Å². The Morgan fingerprint density at radius 1 is 1.62 bits per heavy atom. The van der Waals surface area contributed by atoms with Crippen molar-refractivity contribution in [2.45, 2.75) is 26.3 Å². The molecule has 0 aromatic carbocycles. The van der Waals surface area contributed by atoms with E-state index in [0.717, 1.165) is 17.5 Å². The number of rotatable bonds is 1. The third kappa shape index (κ3) is 1.59. The number of thioether (sulfide) groups is 1. The van der Waals surface area contributed by atoms with Crippen molar-refractivity contribution in [2.24, 2.45) is 10.9 Å². The molecule has 2 heterocycles. The van der Waals surface area contributed by atoms with E-state index in [1.807, 2.05) is 4.90 Å². The van der Waals surface area contributed by atoms with Gasteiger partial charge in [0.1, 0.15) is 0 Å². The molecule has 0 radical (unpaired) electrons. The van der Waals surface area contributed by atoms with E-state index in [2.05, 4.69) is 18.8 Å². The lowest BCUT2D eigenvalue weighted by Gasteiger charge is -2.27. The second-order valence-corrected chi connectivity index (χ2v) is 4.88. The van der Waals surface area contributed by atoms with Crippen molar-refractivity contribution in [3.63, 3.8) is 0 Å². The smallest absolute Gasteiger partial charge is 0.230 e. The van der Waals surface area contributed by atoms with Gasteiger partial charge in [0.15, 0.2) is 5.17 Å². The highest BCUT2D eigenvalue weighted by molar-refractivity contribution is 8.14. The van der Waals surface area contributed by atoms with Crippen LogP contribution in [0.3, 0.4) is 0 Å². The second kappa shape index (κ2) is 3.33. The average Bonchev–Trinajstić information content (AvgIpc) is 2.51. The SMILES string of the molecule is CC(C)C1CC(=O)N2CCSC2=N1. The first-order chi connectivity index (χ1) is 6.18. The number of amidine groups is 1. The van der Waals surface area contributed by atoms with Crippen LogP contribution in [0.25, 0.3) is 0 Å². The lowest BCUT2D eigenvalue weighted by atomic mass is 10.0. The summed E-state index contributed by atoms with van der Waals surface area (Å²) in [4.78, 5) is 18.0. The minimum Gasteiger partial charge on any atom is -0.291 e. The van der Waals surface area contributed by atoms with Crippen LogP contribution in [0.4, 0.5) is 0 Å². The molecule has 0 aromatic rings. The Bertz CT molecular complexity index is 262. The van der Waals surface area contributed by atoms with Crippen LogP contribution in [0.5, 0.6) is 0 Å². The summed E-state index contributed by atoms with van der Waals surface area (Å²) in [6.45, 7) is 5.10. The van der Waals surface area contributed by atoms with Crippen molar-refractivity contribution in [2.75, 3.05) is 12.3 Å². The van der Waals surface area contributed by atoms with Crippen molar-refractivity contribution in [3.05, 3.63) is 0 Å². The molecule has 3 nitrogen and oxygen atoms in total. The van der Waals surface area contributed by atoms with Crippen LogP contribution in [-0.2, 0) is 4.79 Å². The zero-order valence-electron chi connectivity index (χ0n) is 7.99. The number of carbonyl (C=O) groups excluding carboxylic acids is 1. The molecule has 0 bridgehead atoms. The van der Waals surface area contributed by atoms with Gasteiger partial charge < -0.3 is 0 Å². The molecule has 2 aliphatic rings. The van der Waals surface area contributed by atoms with Gasteiger partial charge in [0, 0.05) is 18.7 Å². The van der Waals surface area contributed by atoms with E-state index >= 15 is 0 Å². The molecule has 1 amide bonds. The molecule has 2 rings (SSSR count). The van der Waals surface area contributed by atoms with Crippen molar-refractivity contribution < 1.29 is 4.79 Å². The zero-order valence-corrected chi connectivity index (χ0v) is 8.80. The van der Waals surface area contributed by atoms with Gasteiger partial charge in [0.25, 0.3) is 0 Å². The number of fused-ring (bicyclic) bond motifs is 1. The van der Waals surface area contributed by atoms with Crippen LogP contribution in [0.15, 0.2) is 4.99 Å². The van der Waals surface area contributed by atoms with Crippen molar-refractivity contribution in [1.29, 1.82) is 0 Å². The fraction of sp³-hybridized carbons (Fsp3) is 0.778. The topological polar surface area (TPSA) is 32.7 Å². The Balaban J connectivity index is 2.21. The van der Waals surface area contributed by atoms with E-state index in [4.69, 9.17) is 0 Å². The van der Waals surface area contributed by atoms with Crippen LogP contribution >= 0.6 is 11.8 Å². The third-order valence-corrected chi connectivity index (χ3v) is 3.48. The average molecular weight is 198 g/mol. The van der Waals surface area contributed by atoms with Gasteiger partial charge >= 0.3 is 0 Å². The molecule has 0 saturated carbocycles. The summed E-state index contributed by atoms with van der Waals surface area (Å²) in [6.07, 6.45) is 0.599. The summed E-state index contributed by atoms with van der Waals surface area (Å²) in [7, 11) is 0. The number of hydrogen-bond acceptors (Lipinski definition) is 3. The summed E-state index contributed by atoms with van der Waals surface area (Å²) in [5.41, 5.74) is 0. The van der Waals surface area contributed by atoms with Crippen LogP contribution < -0.4 is 0 Å². The predicted octanol–water partition coefficient (Wildman–Crippen LogP) is 1.35. The standard InChI is InChI=1S/C9H14N2OS/c1-6(2)7-5-8(12)11-3-4-13-9(11)10-7/h6-7H,3-5H2,1-2H3. The molecule has 13 heavy (non-hydrogen) atoms. The number of nitrogens with zero attached hydrogens (tertiary/aromatic N) is 2. The van der Waals surface area contributed by atoms with Gasteiger partial charge in [-0.05, 0) is 5.92 Å². The first kappa shape index (κ1) is 9.06. The summed E-state index contributed by atoms with van der Waals surface area (Å²) in [5, 5.41) is 0.954. The Hall–Kier alpha value is -0.510. The fourth-order valence-electron chi connectivity index (χ4n) is 1.60. The quantitative estimate of drug-likeness (QED) is 0.637. The van der Waals surface area contributed by atoms with Crippen LogP contribution in [-0.4, -0.2) is 34.3 Å². The van der Waals surface area contributed by atoms with Gasteiger partial charge in [-0.2, -0.15) is 0 Å². The maximum absolute atomic E-state index is 11.6. The van der Waals surface area contributed by atoms with Crippen molar-refractivity contribution in [3.8, 4) is 0 Å². The first-order valence-electron chi connectivity index (χ1n) is 4.69. The Morgan fingerprint density at radius 3 is 3.08 bits per heavy atom. The number of aliphatic imine (C=N–C) groups is 1. The molecular formula is C9H14N2OS. The molecule has 0 aliphatic carbocycles. The van der Waals surface area contributed by atoms with Crippen LogP contribution in [0.2, 0.25) is 0 Å². The molecule has 0 aromatic heterocycles. The Labute approximate surface area is 82.6 Å². The summed E-state index contributed by atoms with van der Waals surface area (Å²) < 4.78 is 0. The molecule has 1 saturated heterocycles. The Kier molecular flexibility index (Phi) is 2.32. The number of carbonyl (C=O) groups is 1. The predicted molar refractivity (Wildman–Crippen MR) is 54.8 cm³/mol. The monoisotopic (exact) mass is 198 g/mol. The van der Waals surface area contributed by atoms with E-state index in [0.29, 0.717) is 12.3 Å². The molecule has 2 aliphatic heterocycles. The van der Waals surface area contributed by atoms with Gasteiger partial charge in [-0.1, -0.05) is 25.6 Å².